The van der Waals surface area contributed by atoms with Crippen LogP contribution >= 0.6 is 31.9 Å². The van der Waals surface area contributed by atoms with E-state index in [9.17, 15) is 4.79 Å². The van der Waals surface area contributed by atoms with E-state index in [-0.39, 0.29) is 12.1 Å². The van der Waals surface area contributed by atoms with E-state index in [1.807, 2.05) is 12.2 Å². The summed E-state index contributed by atoms with van der Waals surface area (Å²) in [7, 11) is 0. The van der Waals surface area contributed by atoms with Gasteiger partial charge >= 0.3 is 5.97 Å². The van der Waals surface area contributed by atoms with Gasteiger partial charge < -0.3 is 20.0 Å². The number of quaternary nitrogens is 1. The third-order valence-corrected chi connectivity index (χ3v) is 4.82. The van der Waals surface area contributed by atoms with Crippen molar-refractivity contribution in [3.8, 4) is 5.75 Å². The van der Waals surface area contributed by atoms with Crippen LogP contribution in [0.15, 0.2) is 50.7 Å². The fourth-order valence-corrected chi connectivity index (χ4v) is 3.93. The fraction of sp³-hybridized carbons (Fsp3) is 0.294. The first-order valence-corrected chi connectivity index (χ1v) is 9.32. The van der Waals surface area contributed by atoms with Crippen LogP contribution in [0.1, 0.15) is 12.0 Å². The van der Waals surface area contributed by atoms with Gasteiger partial charge in [-0.3, -0.25) is 0 Å². The molecule has 3 N–H and O–H groups in total. The van der Waals surface area contributed by atoms with Crippen molar-refractivity contribution in [1.82, 2.24) is 0 Å². The SMILES string of the molecule is O=C(O)C(Cc1cc(Br)c(OCCC[NH+]2C=CC=CC2)c(Br)c1)=NO. The van der Waals surface area contributed by atoms with Crippen LogP contribution in [0.2, 0.25) is 0 Å². The molecule has 6 nitrogen and oxygen atoms in total. The van der Waals surface area contributed by atoms with Gasteiger partial charge in [-0.15, -0.1) is 0 Å². The minimum atomic E-state index is -1.25. The quantitative estimate of drug-likeness (QED) is 0.234. The van der Waals surface area contributed by atoms with Crippen LogP contribution in [0, 0.1) is 0 Å². The molecule has 1 aromatic rings. The lowest BCUT2D eigenvalue weighted by atomic mass is 10.1. The highest BCUT2D eigenvalue weighted by Gasteiger charge is 2.15. The van der Waals surface area contributed by atoms with Gasteiger partial charge in [-0.1, -0.05) is 11.2 Å². The Morgan fingerprint density at radius 3 is 2.56 bits per heavy atom. The van der Waals surface area contributed by atoms with E-state index in [2.05, 4.69) is 49.3 Å². The number of allylic oxidation sites excluding steroid dienone is 2. The number of ether oxygens (including phenoxy) is 1. The molecule has 0 fully saturated rings. The van der Waals surface area contributed by atoms with Crippen molar-refractivity contribution >= 4 is 43.5 Å². The number of halogens is 2. The summed E-state index contributed by atoms with van der Waals surface area (Å²) in [6.45, 7) is 2.57. The number of nitrogens with one attached hydrogen (secondary N) is 1. The summed E-state index contributed by atoms with van der Waals surface area (Å²) in [5, 5.41) is 20.5. The molecule has 0 aliphatic carbocycles. The normalized spacial score (nSPS) is 16.9. The fourth-order valence-electron chi connectivity index (χ4n) is 2.42. The van der Waals surface area contributed by atoms with Gasteiger partial charge in [0.2, 0.25) is 0 Å². The van der Waals surface area contributed by atoms with Crippen molar-refractivity contribution in [3.63, 3.8) is 0 Å². The second-order valence-corrected chi connectivity index (χ2v) is 7.23. The largest absolute Gasteiger partial charge is 0.491 e. The van der Waals surface area contributed by atoms with Crippen molar-refractivity contribution in [2.24, 2.45) is 5.16 Å². The van der Waals surface area contributed by atoms with E-state index in [1.54, 1.807) is 12.1 Å². The Balaban J connectivity index is 1.92. The smallest absolute Gasteiger partial charge is 0.354 e. The first kappa shape index (κ1) is 19.7. The van der Waals surface area contributed by atoms with Crippen molar-refractivity contribution < 1.29 is 24.7 Å². The van der Waals surface area contributed by atoms with Crippen LogP contribution in [0.3, 0.4) is 0 Å². The van der Waals surface area contributed by atoms with Gasteiger partial charge in [0, 0.05) is 12.8 Å². The highest BCUT2D eigenvalue weighted by Crippen LogP contribution is 2.35. The molecule has 0 saturated carbocycles. The maximum Gasteiger partial charge on any atom is 0.354 e. The van der Waals surface area contributed by atoms with Gasteiger partial charge in [-0.25, -0.2) is 4.79 Å². The van der Waals surface area contributed by atoms with E-state index in [0.29, 0.717) is 26.9 Å². The summed E-state index contributed by atoms with van der Waals surface area (Å²) in [6.07, 6.45) is 9.31. The van der Waals surface area contributed by atoms with Gasteiger partial charge in [-0.2, -0.15) is 0 Å². The number of aliphatic carboxylic acids is 1. The summed E-state index contributed by atoms with van der Waals surface area (Å²) in [5.74, 6) is -0.579. The van der Waals surface area contributed by atoms with Crippen molar-refractivity contribution in [2.75, 3.05) is 19.7 Å². The Hall–Kier alpha value is -1.64. The summed E-state index contributed by atoms with van der Waals surface area (Å²) >= 11 is 6.89. The van der Waals surface area contributed by atoms with E-state index >= 15 is 0 Å². The van der Waals surface area contributed by atoms with Crippen molar-refractivity contribution in [3.05, 3.63) is 51.1 Å². The third kappa shape index (κ3) is 5.98. The predicted octanol–water partition coefficient (Wildman–Crippen LogP) is 2.41. The zero-order valence-corrected chi connectivity index (χ0v) is 16.6. The third-order valence-electron chi connectivity index (χ3n) is 3.65. The molecule has 1 aliphatic rings. The van der Waals surface area contributed by atoms with Gasteiger partial charge in [0.05, 0.1) is 28.3 Å². The van der Waals surface area contributed by atoms with Crippen molar-refractivity contribution in [1.29, 1.82) is 0 Å². The van der Waals surface area contributed by atoms with Crippen LogP contribution in [0.5, 0.6) is 5.75 Å². The number of carboxylic acid groups (broad SMARTS) is 1. The molecule has 0 radical (unpaired) electrons. The second kappa shape index (κ2) is 9.74. The Morgan fingerprint density at radius 1 is 1.28 bits per heavy atom. The average molecular weight is 475 g/mol. The topological polar surface area (TPSA) is 83.6 Å². The molecule has 1 aromatic carbocycles. The average Bonchev–Trinajstić information content (AvgIpc) is 2.59. The molecule has 1 heterocycles. The molecule has 0 amide bonds. The summed E-state index contributed by atoms with van der Waals surface area (Å²) in [5.41, 5.74) is 0.370. The molecule has 134 valence electrons. The van der Waals surface area contributed by atoms with Crippen LogP contribution in [-0.2, 0) is 11.2 Å². The van der Waals surface area contributed by atoms with E-state index in [1.165, 1.54) is 4.90 Å². The maximum atomic E-state index is 10.9. The molecule has 1 atom stereocenters. The maximum absolute atomic E-state index is 10.9. The molecule has 1 unspecified atom stereocenters. The van der Waals surface area contributed by atoms with Crippen LogP contribution in [0.4, 0.5) is 0 Å². The number of nitrogens with zero attached hydrogens (tertiary/aromatic N) is 1. The molecule has 0 aromatic heterocycles. The van der Waals surface area contributed by atoms with Gasteiger partial charge in [-0.05, 0) is 61.7 Å². The zero-order valence-electron chi connectivity index (χ0n) is 13.4. The minimum Gasteiger partial charge on any atom is -0.491 e. The molecule has 1 aliphatic heterocycles. The molecular weight excluding hydrogens is 456 g/mol. The Labute approximate surface area is 162 Å². The van der Waals surface area contributed by atoms with Crippen LogP contribution in [0.25, 0.3) is 0 Å². The van der Waals surface area contributed by atoms with Gasteiger partial charge in [0.15, 0.2) is 5.71 Å². The Kier molecular flexibility index (Phi) is 7.67. The molecular formula is C17H19Br2N2O4+. The van der Waals surface area contributed by atoms with Crippen LogP contribution < -0.4 is 9.64 Å². The molecule has 25 heavy (non-hydrogen) atoms. The lowest BCUT2D eigenvalue weighted by Gasteiger charge is -2.16. The second-order valence-electron chi connectivity index (χ2n) is 5.52. The van der Waals surface area contributed by atoms with E-state index in [4.69, 9.17) is 15.1 Å². The van der Waals surface area contributed by atoms with Gasteiger partial charge in [0.1, 0.15) is 12.3 Å². The first-order valence-electron chi connectivity index (χ1n) is 7.74. The number of carboxylic acids is 1. The number of hydrogen-bond acceptors (Lipinski definition) is 4. The Morgan fingerprint density at radius 2 is 2.00 bits per heavy atom. The van der Waals surface area contributed by atoms with E-state index in [0.717, 1.165) is 19.5 Å². The highest BCUT2D eigenvalue weighted by atomic mass is 79.9. The summed E-state index contributed by atoms with van der Waals surface area (Å²) in [6, 6.07) is 3.52. The van der Waals surface area contributed by atoms with Gasteiger partial charge in [0.25, 0.3) is 0 Å². The Bertz CT molecular complexity index is 694. The number of benzene rings is 1. The van der Waals surface area contributed by atoms with E-state index < -0.39 is 5.97 Å². The predicted molar refractivity (Wildman–Crippen MR) is 101 cm³/mol. The number of oxime groups is 1. The monoisotopic (exact) mass is 473 g/mol. The number of rotatable bonds is 8. The molecule has 8 heteroatoms. The standard InChI is InChI=1S/C17H18Br2N2O4/c18-13-9-12(11-15(20-24)17(22)23)10-14(19)16(13)25-8-4-7-21-5-2-1-3-6-21/h1-3,5,9-10,24H,4,6-8,11H2,(H,22,23)/p+1. The first-order chi connectivity index (χ1) is 12.0. The molecule has 0 bridgehead atoms. The summed E-state index contributed by atoms with van der Waals surface area (Å²) in [4.78, 5) is 12.3. The molecule has 0 spiro atoms. The van der Waals surface area contributed by atoms with Crippen LogP contribution in [-0.4, -0.2) is 41.7 Å². The minimum absolute atomic E-state index is 0.0154. The lowest BCUT2D eigenvalue weighted by molar-refractivity contribution is -0.841. The zero-order chi connectivity index (χ0) is 18.2. The molecule has 0 saturated heterocycles. The highest BCUT2D eigenvalue weighted by molar-refractivity contribution is 9.11. The number of hydrogen-bond donors (Lipinski definition) is 3. The molecule has 2 rings (SSSR count). The summed E-state index contributed by atoms with van der Waals surface area (Å²) < 4.78 is 7.28. The number of carbonyl (C=O) groups is 1. The lowest BCUT2D eigenvalue weighted by Crippen LogP contribution is -3.07. The van der Waals surface area contributed by atoms with Crippen molar-refractivity contribution in [2.45, 2.75) is 12.8 Å².